The van der Waals surface area contributed by atoms with E-state index in [1.165, 1.54) is 41.9 Å². The Bertz CT molecular complexity index is 2070. The van der Waals surface area contributed by atoms with Gasteiger partial charge in [-0.25, -0.2) is 14.6 Å². The van der Waals surface area contributed by atoms with Gasteiger partial charge < -0.3 is 40.6 Å². The number of hydrogen-bond acceptors (Lipinski definition) is 10. The number of carbonyl (C=O) groups excluding carboxylic acids is 6. The van der Waals surface area contributed by atoms with Crippen LogP contribution >= 0.6 is 11.3 Å². The summed E-state index contributed by atoms with van der Waals surface area (Å²) in [6.45, 7) is 39.6. The molecule has 71 heavy (non-hydrogen) atoms. The molecule has 0 bridgehead atoms. The summed E-state index contributed by atoms with van der Waals surface area (Å²) in [6, 6.07) is 5.80. The summed E-state index contributed by atoms with van der Waals surface area (Å²) in [5, 5.41) is 6.17. The molecule has 2 aliphatic carbocycles. The number of amides is 4. The van der Waals surface area contributed by atoms with Gasteiger partial charge in [-0.1, -0.05) is 73.1 Å². The van der Waals surface area contributed by atoms with E-state index in [1.807, 2.05) is 85.5 Å². The number of thiazole rings is 1. The number of hydrogen-bond donors (Lipinski definition) is 4. The zero-order valence-electron chi connectivity index (χ0n) is 46.0. The second-order valence-corrected chi connectivity index (χ2v) is 21.3. The van der Waals surface area contributed by atoms with Gasteiger partial charge in [0.15, 0.2) is 0 Å². The van der Waals surface area contributed by atoms with E-state index in [0.717, 1.165) is 70.7 Å². The van der Waals surface area contributed by atoms with Crippen LogP contribution in [0.3, 0.4) is 0 Å². The molecule has 0 spiro atoms. The number of unbranched alkanes of at least 4 members (excludes halogenated alkanes) is 1. The summed E-state index contributed by atoms with van der Waals surface area (Å²) >= 11 is 1.73. The number of rotatable bonds is 15. The van der Waals surface area contributed by atoms with Crippen LogP contribution in [0.5, 0.6) is 0 Å². The van der Waals surface area contributed by atoms with Gasteiger partial charge in [0.05, 0.1) is 16.7 Å². The molecule has 15 nitrogen and oxygen atoms in total. The smallest absolute Gasteiger partial charge is 0.407 e. The standard InChI is InChI=1S/C20H25N3OS.C9H16.C7H15NO2.C7H13NO.C6H10N2O2.C4H10.2CH2O/c1-6-7-11-16-17(12(2)3)21-19(25-16)14-9-8-10-15-18(14)22-20(24)23(15)13(4)5;1-3-4-5-6-9(2)7-8-9;1-5-8-6(9)10-7(2,3)4;1-3-5-4-6(5)7(9)8-2;7-6(10)5-2-1-3-8(5)4-9;1-4(2)3;2*1-2/h6,8-10,12-13H,1,7,11H2,2-5H3,(H,22,24);3H,1,4-8H2,2H3;5H2,1-4H3,(H,8,9);5-6H,3-4H2,1-2H3,(H,8,9);4-5H,1-3H2,(H2,7,10);4H,1-3H3;2*1H2/t;;;5-,6+;5-;;;/m...10.../s1. The van der Waals surface area contributed by atoms with Crippen LogP contribution in [-0.2, 0) is 35.1 Å². The Kier molecular flexibility index (Phi) is 34.0. The first-order valence-electron chi connectivity index (χ1n) is 25.2. The van der Waals surface area contributed by atoms with Crippen molar-refractivity contribution in [2.24, 2.45) is 28.9 Å². The molecule has 1 aromatic carbocycles. The van der Waals surface area contributed by atoms with Crippen LogP contribution in [0.2, 0.25) is 0 Å². The molecule has 1 aliphatic heterocycles. The fourth-order valence-corrected chi connectivity index (χ4v) is 8.47. The number of primary amides is 1. The van der Waals surface area contributed by atoms with E-state index in [2.05, 4.69) is 77.2 Å². The number of nitrogens with two attached hydrogens (primary N) is 1. The Morgan fingerprint density at radius 2 is 1.61 bits per heavy atom. The molecule has 3 aliphatic rings. The molecule has 2 saturated carbocycles. The van der Waals surface area contributed by atoms with Crippen LogP contribution in [0.15, 0.2) is 48.3 Å². The maximum absolute atomic E-state index is 12.4. The first kappa shape index (κ1) is 67.7. The van der Waals surface area contributed by atoms with Gasteiger partial charge in [-0.05, 0) is 141 Å². The number of para-hydroxylation sites is 1. The van der Waals surface area contributed by atoms with Gasteiger partial charge in [-0.3, -0.25) is 19.0 Å². The molecule has 3 fully saturated rings. The number of aryl methyl sites for hydroxylation is 1. The van der Waals surface area contributed by atoms with E-state index in [-0.39, 0.29) is 35.4 Å². The van der Waals surface area contributed by atoms with E-state index in [9.17, 15) is 24.0 Å². The number of fused-ring (bicyclic) bond motifs is 1. The highest BCUT2D eigenvalue weighted by molar-refractivity contribution is 7.15. The number of H-pyrrole nitrogens is 1. The number of nitrogens with zero attached hydrogens (tertiary/aromatic N) is 3. The molecule has 402 valence electrons. The second-order valence-electron chi connectivity index (χ2n) is 20.2. The summed E-state index contributed by atoms with van der Waals surface area (Å²) in [4.78, 5) is 81.5. The summed E-state index contributed by atoms with van der Waals surface area (Å²) in [7, 11) is 1.70. The predicted molar refractivity (Wildman–Crippen MR) is 294 cm³/mol. The number of aromatic amines is 1. The van der Waals surface area contributed by atoms with Crippen LogP contribution in [-0.4, -0.2) is 89.1 Å². The van der Waals surface area contributed by atoms with Crippen molar-refractivity contribution < 1.29 is 33.5 Å². The van der Waals surface area contributed by atoms with Crippen molar-refractivity contribution in [3.63, 3.8) is 0 Å². The average Bonchev–Trinajstić information content (AvgIpc) is 4.06. The number of nitrogens with one attached hydrogen (secondary N) is 3. The van der Waals surface area contributed by atoms with Crippen LogP contribution < -0.4 is 22.1 Å². The lowest BCUT2D eigenvalue weighted by Gasteiger charge is -2.19. The van der Waals surface area contributed by atoms with Crippen molar-refractivity contribution in [3.05, 3.63) is 64.6 Å². The molecule has 16 heteroatoms. The molecular weight excluding hydrogens is 919 g/mol. The Balaban J connectivity index is 0. The SMILES string of the molecule is C=CCCCC1(C)CC1.C=CCCc1sc(-c2cccc3c2[nH]c(=O)n3C(C)C)nc1C(C)C.C=O.C=O.CC(C)C.CCNC(=O)OC(C)(C)C.CC[C@@H]1C[C@@H]1C(=O)NC.NC(=O)[C@@H]1CCCN1C=O. The van der Waals surface area contributed by atoms with Crippen LogP contribution in [0, 0.1) is 23.2 Å². The average molecular weight is 1010 g/mol. The van der Waals surface area contributed by atoms with Crippen molar-refractivity contribution in [1.29, 1.82) is 0 Å². The molecule has 0 unspecified atom stereocenters. The minimum absolute atomic E-state index is 0.0648. The van der Waals surface area contributed by atoms with Crippen molar-refractivity contribution in [2.45, 2.75) is 184 Å². The number of ether oxygens (including phenoxy) is 1. The Hall–Kier alpha value is -5.38. The number of allylic oxidation sites excluding steroid dienone is 2. The molecule has 2 aromatic heterocycles. The van der Waals surface area contributed by atoms with Crippen molar-refractivity contribution in [2.75, 3.05) is 20.1 Å². The summed E-state index contributed by atoms with van der Waals surface area (Å²) in [6.07, 6.45) is 17.0. The Labute approximate surface area is 430 Å². The first-order chi connectivity index (χ1) is 33.4. The van der Waals surface area contributed by atoms with Crippen LogP contribution in [0.4, 0.5) is 4.79 Å². The molecule has 0 radical (unpaired) electrons. The maximum atomic E-state index is 12.4. The quantitative estimate of drug-likeness (QED) is 0.0646. The lowest BCUT2D eigenvalue weighted by atomic mass is 10.0. The highest BCUT2D eigenvalue weighted by atomic mass is 32.1. The molecular formula is C55H93N7O8S. The van der Waals surface area contributed by atoms with Gasteiger partial charge in [0.25, 0.3) is 0 Å². The van der Waals surface area contributed by atoms with Gasteiger partial charge in [0, 0.05) is 42.5 Å². The molecule has 3 atom stereocenters. The molecule has 4 amide bonds. The molecule has 1 saturated heterocycles. The number of likely N-dealkylation sites (tertiary alicyclic amines) is 1. The maximum Gasteiger partial charge on any atom is 0.407 e. The zero-order chi connectivity index (χ0) is 55.1. The molecule has 6 rings (SSSR count). The molecule has 3 heterocycles. The third-order valence-corrected chi connectivity index (χ3v) is 12.3. The van der Waals surface area contributed by atoms with E-state index < -0.39 is 5.91 Å². The predicted octanol–water partition coefficient (Wildman–Crippen LogP) is 11.1. The Morgan fingerprint density at radius 3 is 2.03 bits per heavy atom. The first-order valence-corrected chi connectivity index (χ1v) is 26.0. The van der Waals surface area contributed by atoms with Gasteiger partial charge in [-0.15, -0.1) is 24.5 Å². The fourth-order valence-electron chi connectivity index (χ4n) is 7.20. The van der Waals surface area contributed by atoms with Crippen molar-refractivity contribution >= 4 is 60.3 Å². The Morgan fingerprint density at radius 1 is 1.01 bits per heavy atom. The van der Waals surface area contributed by atoms with Crippen molar-refractivity contribution in [1.82, 2.24) is 30.1 Å². The molecule has 5 N–H and O–H groups in total. The monoisotopic (exact) mass is 1010 g/mol. The van der Waals surface area contributed by atoms with E-state index in [0.29, 0.717) is 43.7 Å². The number of alkyl carbamates (subject to hydrolysis) is 1. The minimum atomic E-state index is -0.399. The number of benzene rings is 1. The summed E-state index contributed by atoms with van der Waals surface area (Å²) < 4.78 is 6.73. The van der Waals surface area contributed by atoms with Gasteiger partial charge in [-0.2, -0.15) is 0 Å². The van der Waals surface area contributed by atoms with E-state index >= 15 is 0 Å². The largest absolute Gasteiger partial charge is 0.444 e. The zero-order valence-corrected chi connectivity index (χ0v) is 46.9. The van der Waals surface area contributed by atoms with Crippen molar-refractivity contribution in [3.8, 4) is 10.6 Å². The van der Waals surface area contributed by atoms with Gasteiger partial charge in [0.2, 0.25) is 18.2 Å². The number of imidazole rings is 1. The third kappa shape index (κ3) is 26.6. The lowest BCUT2D eigenvalue weighted by molar-refractivity contribution is -0.128. The fraction of sp³-hybridized carbons (Fsp3) is 0.636. The van der Waals surface area contributed by atoms with Gasteiger partial charge >= 0.3 is 11.8 Å². The number of carbonyl (C=O) groups is 6. The van der Waals surface area contributed by atoms with E-state index in [4.69, 9.17) is 25.0 Å². The third-order valence-electron chi connectivity index (χ3n) is 11.1. The van der Waals surface area contributed by atoms with E-state index in [1.54, 1.807) is 23.0 Å². The summed E-state index contributed by atoms with van der Waals surface area (Å²) in [5.74, 6) is 2.07. The second kappa shape index (κ2) is 35.7. The summed E-state index contributed by atoms with van der Waals surface area (Å²) in [5.41, 5.74) is 9.30. The topological polar surface area (TPSA) is 216 Å². The lowest BCUT2D eigenvalue weighted by Crippen LogP contribution is -2.39. The van der Waals surface area contributed by atoms with Crippen LogP contribution in [0.25, 0.3) is 21.6 Å². The normalized spacial score (nSPS) is 16.5. The highest BCUT2D eigenvalue weighted by Crippen LogP contribution is 2.49. The molecule has 3 aromatic rings. The van der Waals surface area contributed by atoms with Crippen LogP contribution in [0.1, 0.15) is 177 Å². The minimum Gasteiger partial charge on any atom is -0.444 e. The number of aromatic nitrogens is 3. The highest BCUT2D eigenvalue weighted by Gasteiger charge is 2.40. The van der Waals surface area contributed by atoms with Gasteiger partial charge in [0.1, 0.15) is 30.2 Å².